The van der Waals surface area contributed by atoms with Gasteiger partial charge in [-0.1, -0.05) is 6.07 Å². The number of hydrogen-bond donors (Lipinski definition) is 1. The van der Waals surface area contributed by atoms with Crippen LogP contribution >= 0.6 is 11.3 Å². The van der Waals surface area contributed by atoms with E-state index in [1.54, 1.807) is 25.3 Å². The first-order chi connectivity index (χ1) is 10.6. The summed E-state index contributed by atoms with van der Waals surface area (Å²) in [5, 5.41) is 11.9. The summed E-state index contributed by atoms with van der Waals surface area (Å²) in [6.07, 6.45) is 0. The number of hydrogen-bond acceptors (Lipinski definition) is 5. The summed E-state index contributed by atoms with van der Waals surface area (Å²) in [7, 11) is 3.04. The summed E-state index contributed by atoms with van der Waals surface area (Å²) in [6, 6.07) is 8.74. The minimum atomic E-state index is -1.02. The van der Waals surface area contributed by atoms with Gasteiger partial charge in [0.15, 0.2) is 0 Å². The number of aromatic carboxylic acids is 1. The van der Waals surface area contributed by atoms with E-state index in [9.17, 15) is 9.90 Å². The first-order valence-electron chi connectivity index (χ1n) is 6.48. The van der Waals surface area contributed by atoms with Crippen molar-refractivity contribution in [3.63, 3.8) is 0 Å². The molecule has 1 N–H and O–H groups in total. The lowest BCUT2D eigenvalue weighted by molar-refractivity contribution is 0.0698. The molecule has 1 aromatic carbocycles. The van der Waals surface area contributed by atoms with Crippen LogP contribution in [0.15, 0.2) is 35.7 Å². The zero-order valence-electron chi connectivity index (χ0n) is 12.0. The molecule has 0 bridgehead atoms. The Balaban J connectivity index is 2.38. The molecule has 0 unspecified atom stereocenters. The van der Waals surface area contributed by atoms with E-state index in [2.05, 4.69) is 4.98 Å². The second-order valence-electron chi connectivity index (χ2n) is 4.56. The Labute approximate surface area is 130 Å². The van der Waals surface area contributed by atoms with Gasteiger partial charge < -0.3 is 14.6 Å². The number of benzene rings is 1. The Bertz CT molecular complexity index is 843. The zero-order valence-corrected chi connectivity index (χ0v) is 12.8. The number of aromatic nitrogens is 1. The molecular formula is C16H13NO4S. The predicted molar refractivity (Wildman–Crippen MR) is 85.1 cm³/mol. The summed E-state index contributed by atoms with van der Waals surface area (Å²) in [5.41, 5.74) is 1.31. The molecule has 5 nitrogen and oxygen atoms in total. The van der Waals surface area contributed by atoms with Gasteiger partial charge in [0.05, 0.1) is 41.3 Å². The second kappa shape index (κ2) is 5.65. The minimum Gasteiger partial charge on any atom is -0.497 e. The Kier molecular flexibility index (Phi) is 3.68. The lowest BCUT2D eigenvalue weighted by Crippen LogP contribution is -2.02. The lowest BCUT2D eigenvalue weighted by Gasteiger charge is -2.12. The average Bonchev–Trinajstić information content (AvgIpc) is 3.06. The number of fused-ring (bicyclic) bond motifs is 1. The van der Waals surface area contributed by atoms with Gasteiger partial charge in [-0.15, -0.1) is 11.3 Å². The molecule has 0 aliphatic rings. The summed E-state index contributed by atoms with van der Waals surface area (Å²) < 4.78 is 10.5. The maximum atomic E-state index is 11.6. The number of carbonyl (C=O) groups is 1. The number of carboxylic acids is 1. The number of carboxylic acid groups (broad SMARTS) is 1. The largest absolute Gasteiger partial charge is 0.497 e. The van der Waals surface area contributed by atoms with Crippen LogP contribution in [0, 0.1) is 0 Å². The van der Waals surface area contributed by atoms with E-state index < -0.39 is 5.97 Å². The van der Waals surface area contributed by atoms with Gasteiger partial charge in [-0.3, -0.25) is 0 Å². The Morgan fingerprint density at radius 2 is 2.05 bits per heavy atom. The van der Waals surface area contributed by atoms with E-state index in [0.717, 1.165) is 4.88 Å². The molecule has 0 aliphatic carbocycles. The van der Waals surface area contributed by atoms with Gasteiger partial charge >= 0.3 is 5.97 Å². The lowest BCUT2D eigenvalue weighted by atomic mass is 10.1. The van der Waals surface area contributed by atoms with Crippen molar-refractivity contribution in [3.8, 4) is 22.1 Å². The van der Waals surface area contributed by atoms with Gasteiger partial charge in [-0.2, -0.15) is 0 Å². The first-order valence-corrected chi connectivity index (χ1v) is 7.36. The van der Waals surface area contributed by atoms with Crippen molar-refractivity contribution in [3.05, 3.63) is 41.3 Å². The highest BCUT2D eigenvalue weighted by Crippen LogP contribution is 2.35. The molecule has 112 valence electrons. The van der Waals surface area contributed by atoms with Crippen molar-refractivity contribution in [1.29, 1.82) is 0 Å². The molecule has 0 amide bonds. The molecule has 0 fully saturated rings. The molecule has 0 radical (unpaired) electrons. The number of ether oxygens (including phenoxy) is 2. The third-order valence-corrected chi connectivity index (χ3v) is 4.20. The molecule has 22 heavy (non-hydrogen) atoms. The molecule has 0 saturated heterocycles. The van der Waals surface area contributed by atoms with Gasteiger partial charge in [0.2, 0.25) is 0 Å². The molecule has 3 rings (SSSR count). The topological polar surface area (TPSA) is 68.7 Å². The van der Waals surface area contributed by atoms with Crippen molar-refractivity contribution in [2.24, 2.45) is 0 Å². The SMILES string of the molecule is COc1cc(OC)c2c(C(=O)O)cc(-c3cccs3)nc2c1. The van der Waals surface area contributed by atoms with E-state index in [1.807, 2.05) is 17.5 Å². The summed E-state index contributed by atoms with van der Waals surface area (Å²) in [4.78, 5) is 17.1. The Hall–Kier alpha value is -2.60. The maximum Gasteiger partial charge on any atom is 0.336 e. The molecule has 0 saturated carbocycles. The molecule has 2 aromatic heterocycles. The van der Waals surface area contributed by atoms with Crippen LogP contribution in [0.25, 0.3) is 21.5 Å². The van der Waals surface area contributed by atoms with Crippen LogP contribution in [0.3, 0.4) is 0 Å². The average molecular weight is 315 g/mol. The van der Waals surface area contributed by atoms with Gasteiger partial charge in [-0.05, 0) is 17.5 Å². The van der Waals surface area contributed by atoms with Crippen molar-refractivity contribution < 1.29 is 19.4 Å². The highest BCUT2D eigenvalue weighted by molar-refractivity contribution is 7.13. The molecule has 3 aromatic rings. The first kappa shape index (κ1) is 14.3. The van der Waals surface area contributed by atoms with E-state index in [0.29, 0.717) is 28.1 Å². The summed E-state index contributed by atoms with van der Waals surface area (Å²) >= 11 is 1.51. The fourth-order valence-corrected chi connectivity index (χ4v) is 2.99. The second-order valence-corrected chi connectivity index (χ2v) is 5.51. The number of rotatable bonds is 4. The van der Waals surface area contributed by atoms with Crippen LogP contribution < -0.4 is 9.47 Å². The molecule has 0 aliphatic heterocycles. The predicted octanol–water partition coefficient (Wildman–Crippen LogP) is 3.68. The minimum absolute atomic E-state index is 0.160. The Morgan fingerprint density at radius 3 is 2.64 bits per heavy atom. The number of nitrogens with zero attached hydrogens (tertiary/aromatic N) is 1. The van der Waals surface area contributed by atoms with Gasteiger partial charge in [-0.25, -0.2) is 9.78 Å². The molecule has 0 spiro atoms. The quantitative estimate of drug-likeness (QED) is 0.795. The van der Waals surface area contributed by atoms with Crippen LogP contribution in [0.5, 0.6) is 11.5 Å². The monoisotopic (exact) mass is 315 g/mol. The van der Waals surface area contributed by atoms with Gasteiger partial charge in [0, 0.05) is 12.1 Å². The maximum absolute atomic E-state index is 11.6. The third-order valence-electron chi connectivity index (χ3n) is 3.31. The molecular weight excluding hydrogens is 302 g/mol. The van der Waals surface area contributed by atoms with E-state index in [4.69, 9.17) is 9.47 Å². The van der Waals surface area contributed by atoms with Crippen LogP contribution in [-0.4, -0.2) is 30.3 Å². The van der Waals surface area contributed by atoms with Crippen LogP contribution in [-0.2, 0) is 0 Å². The van der Waals surface area contributed by atoms with E-state index >= 15 is 0 Å². The normalized spacial score (nSPS) is 10.6. The molecule has 0 atom stereocenters. The summed E-state index contributed by atoms with van der Waals surface area (Å²) in [5.74, 6) is -0.0258. The van der Waals surface area contributed by atoms with E-state index in [-0.39, 0.29) is 5.56 Å². The van der Waals surface area contributed by atoms with Gasteiger partial charge in [0.25, 0.3) is 0 Å². The van der Waals surface area contributed by atoms with Crippen LogP contribution in [0.4, 0.5) is 0 Å². The highest BCUT2D eigenvalue weighted by Gasteiger charge is 2.18. The van der Waals surface area contributed by atoms with Gasteiger partial charge in [0.1, 0.15) is 11.5 Å². The third kappa shape index (κ3) is 2.37. The molecule has 6 heteroatoms. The molecule has 2 heterocycles. The number of methoxy groups -OCH3 is 2. The zero-order chi connectivity index (χ0) is 15.7. The van der Waals surface area contributed by atoms with Crippen molar-refractivity contribution in [1.82, 2.24) is 4.98 Å². The fraction of sp³-hybridized carbons (Fsp3) is 0.125. The van der Waals surface area contributed by atoms with Crippen molar-refractivity contribution in [2.75, 3.05) is 14.2 Å². The summed E-state index contributed by atoms with van der Waals surface area (Å²) in [6.45, 7) is 0. The van der Waals surface area contributed by atoms with E-state index in [1.165, 1.54) is 18.4 Å². The standard InChI is InChI=1S/C16H13NO4S/c1-20-9-6-12-15(13(7-9)21-2)10(16(18)19)8-11(17-12)14-4-3-5-22-14/h3-8H,1-2H3,(H,18,19). The van der Waals surface area contributed by atoms with Crippen molar-refractivity contribution >= 4 is 28.2 Å². The smallest absolute Gasteiger partial charge is 0.336 e. The number of pyridine rings is 1. The Morgan fingerprint density at radius 1 is 1.23 bits per heavy atom. The van der Waals surface area contributed by atoms with Crippen LogP contribution in [0.2, 0.25) is 0 Å². The number of thiophene rings is 1. The van der Waals surface area contributed by atoms with Crippen molar-refractivity contribution in [2.45, 2.75) is 0 Å². The highest BCUT2D eigenvalue weighted by atomic mass is 32.1. The van der Waals surface area contributed by atoms with Crippen LogP contribution in [0.1, 0.15) is 10.4 Å². The fourth-order valence-electron chi connectivity index (χ4n) is 2.30.